The third-order valence-corrected chi connectivity index (χ3v) is 5.91. The minimum Gasteiger partial charge on any atom is -0.477 e. The summed E-state index contributed by atoms with van der Waals surface area (Å²) in [4.78, 5) is 26.2. The van der Waals surface area contributed by atoms with Gasteiger partial charge in [0.05, 0.1) is 17.3 Å². The van der Waals surface area contributed by atoms with Crippen LogP contribution in [0.15, 0.2) is 16.6 Å². The van der Waals surface area contributed by atoms with Crippen LogP contribution in [0.5, 0.6) is 5.75 Å². The van der Waals surface area contributed by atoms with E-state index in [0.29, 0.717) is 53.6 Å². The lowest BCUT2D eigenvalue weighted by Gasteiger charge is -2.40. The maximum Gasteiger partial charge on any atom is 0.410 e. The molecular weight excluding hydrogens is 500 g/mol. The second-order valence-corrected chi connectivity index (χ2v) is 10.6. The van der Waals surface area contributed by atoms with Gasteiger partial charge in [-0.1, -0.05) is 25.4 Å². The first kappa shape index (κ1) is 26.6. The number of rotatable bonds is 9. The topological polar surface area (TPSA) is 77.1 Å². The summed E-state index contributed by atoms with van der Waals surface area (Å²) in [6.45, 7) is 13.5. The van der Waals surface area contributed by atoms with Crippen molar-refractivity contribution >= 4 is 45.3 Å². The summed E-state index contributed by atoms with van der Waals surface area (Å²) in [5.74, 6) is 0.660. The predicted octanol–water partition coefficient (Wildman–Crippen LogP) is 5.74. The summed E-state index contributed by atoms with van der Waals surface area (Å²) >= 11 is 9.73. The van der Waals surface area contributed by atoms with E-state index in [9.17, 15) is 9.59 Å². The Morgan fingerprint density at radius 2 is 1.94 bits per heavy atom. The molecule has 1 saturated heterocycles. The van der Waals surface area contributed by atoms with Crippen LogP contribution in [0.4, 0.5) is 10.5 Å². The Labute approximate surface area is 204 Å². The summed E-state index contributed by atoms with van der Waals surface area (Å²) in [5, 5.41) is 3.89. The molecule has 180 valence electrons. The summed E-state index contributed by atoms with van der Waals surface area (Å²) in [6.07, 6.45) is -0.475. The molecule has 1 unspecified atom stereocenters. The van der Waals surface area contributed by atoms with E-state index < -0.39 is 11.7 Å². The molecule has 1 aliphatic rings. The molecule has 1 fully saturated rings. The number of carbonyl (C=O) groups excluding carboxylic acids is 2. The summed E-state index contributed by atoms with van der Waals surface area (Å²) < 4.78 is 17.4. The first-order valence-electron chi connectivity index (χ1n) is 10.9. The number of hydrogen-bond donors (Lipinski definition) is 1. The smallest absolute Gasteiger partial charge is 0.410 e. The van der Waals surface area contributed by atoms with Crippen molar-refractivity contribution in [3.8, 4) is 5.75 Å². The number of hydrogen-bond acceptors (Lipinski definition) is 6. The van der Waals surface area contributed by atoms with Gasteiger partial charge in [0.1, 0.15) is 11.4 Å². The van der Waals surface area contributed by atoms with Crippen LogP contribution in [-0.4, -0.2) is 54.9 Å². The van der Waals surface area contributed by atoms with Crippen molar-refractivity contribution in [3.63, 3.8) is 0 Å². The minimum absolute atomic E-state index is 0.255. The molecule has 1 atom stereocenters. The third-order valence-electron chi connectivity index (χ3n) is 4.72. The van der Waals surface area contributed by atoms with Crippen molar-refractivity contribution < 1.29 is 23.8 Å². The Hall–Kier alpha value is -1.67. The van der Waals surface area contributed by atoms with E-state index in [2.05, 4.69) is 21.2 Å². The lowest BCUT2D eigenvalue weighted by molar-refractivity contribution is -0.152. The zero-order valence-corrected chi connectivity index (χ0v) is 22.0. The standard InChI is InChI=1S/C23H34BrClN2O5/c1-7-30-21(28)20(8-14(2)3)31-19-9-16(24)17(25)10-18(19)26-11-15-12-27(13-15)22(29)32-23(4,5)6/h9-10,14-15,20,26H,7-8,11-13H2,1-6H3. The van der Waals surface area contributed by atoms with Crippen molar-refractivity contribution in [1.29, 1.82) is 0 Å². The average Bonchev–Trinajstić information content (AvgIpc) is 2.61. The SMILES string of the molecule is CCOC(=O)C(CC(C)C)Oc1cc(Br)c(Cl)cc1NCC1CN(C(=O)OC(C)(C)C)C1. The Morgan fingerprint density at radius 3 is 2.50 bits per heavy atom. The Balaban J connectivity index is 2.04. The van der Waals surface area contributed by atoms with E-state index in [1.54, 1.807) is 24.0 Å². The highest BCUT2D eigenvalue weighted by atomic mass is 79.9. The fourth-order valence-corrected chi connectivity index (χ4v) is 3.69. The second-order valence-electron chi connectivity index (χ2n) is 9.38. The minimum atomic E-state index is -0.713. The molecule has 32 heavy (non-hydrogen) atoms. The van der Waals surface area contributed by atoms with Crippen LogP contribution in [0, 0.1) is 11.8 Å². The number of ether oxygens (including phenoxy) is 3. The number of nitrogens with zero attached hydrogens (tertiary/aromatic N) is 1. The first-order valence-corrected chi connectivity index (χ1v) is 12.1. The molecule has 0 saturated carbocycles. The molecule has 7 nitrogen and oxygen atoms in total. The number of benzene rings is 1. The zero-order chi connectivity index (χ0) is 24.1. The number of esters is 1. The Kier molecular flexibility index (Phi) is 9.52. The molecule has 0 aromatic heterocycles. The highest BCUT2D eigenvalue weighted by Gasteiger charge is 2.33. The molecule has 1 heterocycles. The number of carbonyl (C=O) groups is 2. The second kappa shape index (κ2) is 11.5. The van der Waals surface area contributed by atoms with Gasteiger partial charge in [0.15, 0.2) is 6.10 Å². The van der Waals surface area contributed by atoms with Gasteiger partial charge < -0.3 is 24.4 Å². The van der Waals surface area contributed by atoms with Gasteiger partial charge in [-0.3, -0.25) is 0 Å². The van der Waals surface area contributed by atoms with Crippen LogP contribution < -0.4 is 10.1 Å². The largest absolute Gasteiger partial charge is 0.477 e. The number of halogens is 2. The van der Waals surface area contributed by atoms with Crippen LogP contribution in [0.25, 0.3) is 0 Å². The molecule has 1 aromatic rings. The summed E-state index contributed by atoms with van der Waals surface area (Å²) in [7, 11) is 0. The molecule has 2 rings (SSSR count). The van der Waals surface area contributed by atoms with E-state index in [4.69, 9.17) is 25.8 Å². The third kappa shape index (κ3) is 8.03. The molecule has 1 N–H and O–H groups in total. The average molecular weight is 534 g/mol. The molecule has 0 bridgehead atoms. The highest BCUT2D eigenvalue weighted by molar-refractivity contribution is 9.10. The van der Waals surface area contributed by atoms with Crippen LogP contribution in [-0.2, 0) is 14.3 Å². The zero-order valence-electron chi connectivity index (χ0n) is 19.7. The Bertz CT molecular complexity index is 806. The van der Waals surface area contributed by atoms with E-state index in [-0.39, 0.29) is 23.9 Å². The molecule has 1 amide bonds. The summed E-state index contributed by atoms with van der Waals surface area (Å²) in [6, 6.07) is 3.52. The fraction of sp³-hybridized carbons (Fsp3) is 0.652. The first-order chi connectivity index (χ1) is 14.9. The van der Waals surface area contributed by atoms with Crippen LogP contribution in [0.2, 0.25) is 5.02 Å². The molecule has 0 radical (unpaired) electrons. The lowest BCUT2D eigenvalue weighted by atomic mass is 10.0. The monoisotopic (exact) mass is 532 g/mol. The molecular formula is C23H34BrClN2O5. The van der Waals surface area contributed by atoms with Gasteiger partial charge in [-0.15, -0.1) is 0 Å². The van der Waals surface area contributed by atoms with Crippen LogP contribution >= 0.6 is 27.5 Å². The molecule has 1 aliphatic heterocycles. The molecule has 9 heteroatoms. The van der Waals surface area contributed by atoms with Crippen molar-refractivity contribution in [2.45, 2.75) is 59.7 Å². The van der Waals surface area contributed by atoms with Gasteiger partial charge in [0.2, 0.25) is 0 Å². The molecule has 1 aromatic carbocycles. The van der Waals surface area contributed by atoms with Gasteiger partial charge >= 0.3 is 12.1 Å². The van der Waals surface area contributed by atoms with E-state index in [1.807, 2.05) is 34.6 Å². The number of anilines is 1. The van der Waals surface area contributed by atoms with Crippen LogP contribution in [0.1, 0.15) is 48.0 Å². The maximum absolute atomic E-state index is 12.4. The maximum atomic E-state index is 12.4. The van der Waals surface area contributed by atoms with Gasteiger partial charge in [-0.05, 0) is 68.1 Å². The highest BCUT2D eigenvalue weighted by Crippen LogP contribution is 2.36. The quantitative estimate of drug-likeness (QED) is 0.408. The predicted molar refractivity (Wildman–Crippen MR) is 129 cm³/mol. The number of nitrogens with one attached hydrogen (secondary N) is 1. The van der Waals surface area contributed by atoms with Crippen molar-refractivity contribution in [2.75, 3.05) is 31.6 Å². The molecule has 0 spiro atoms. The van der Waals surface area contributed by atoms with Crippen molar-refractivity contribution in [3.05, 3.63) is 21.6 Å². The Morgan fingerprint density at radius 1 is 1.28 bits per heavy atom. The lowest BCUT2D eigenvalue weighted by Crippen LogP contribution is -2.53. The fourth-order valence-electron chi connectivity index (χ4n) is 3.20. The number of likely N-dealkylation sites (tertiary alicyclic amines) is 1. The van der Waals surface area contributed by atoms with E-state index in [0.717, 1.165) is 0 Å². The van der Waals surface area contributed by atoms with Gasteiger partial charge in [0, 0.05) is 30.0 Å². The van der Waals surface area contributed by atoms with Crippen molar-refractivity contribution in [2.24, 2.45) is 11.8 Å². The van der Waals surface area contributed by atoms with Crippen LogP contribution in [0.3, 0.4) is 0 Å². The van der Waals surface area contributed by atoms with Gasteiger partial charge in [0.25, 0.3) is 0 Å². The van der Waals surface area contributed by atoms with Crippen molar-refractivity contribution in [1.82, 2.24) is 4.90 Å². The summed E-state index contributed by atoms with van der Waals surface area (Å²) in [5.41, 5.74) is 0.179. The van der Waals surface area contributed by atoms with E-state index in [1.165, 1.54) is 0 Å². The van der Waals surface area contributed by atoms with Gasteiger partial charge in [-0.2, -0.15) is 0 Å². The van der Waals surface area contributed by atoms with E-state index >= 15 is 0 Å². The number of amides is 1. The van der Waals surface area contributed by atoms with Gasteiger partial charge in [-0.25, -0.2) is 9.59 Å². The molecule has 0 aliphatic carbocycles. The normalized spacial score (nSPS) is 15.2.